The van der Waals surface area contributed by atoms with Gasteiger partial charge in [-0.1, -0.05) is 46.6 Å². The van der Waals surface area contributed by atoms with E-state index in [0.29, 0.717) is 34.5 Å². The molecule has 0 bridgehead atoms. The molecule has 4 rings (SSSR count). The van der Waals surface area contributed by atoms with Crippen LogP contribution in [0.4, 0.5) is 0 Å². The number of hydrogen-bond donors (Lipinski definition) is 1. The molecular weight excluding hydrogens is 473 g/mol. The third-order valence-corrected chi connectivity index (χ3v) is 7.91. The highest BCUT2D eigenvalue weighted by atomic mass is 35.5. The summed E-state index contributed by atoms with van der Waals surface area (Å²) in [4.78, 5) is 13.2. The van der Waals surface area contributed by atoms with Gasteiger partial charge in [-0.15, -0.1) is 0 Å². The van der Waals surface area contributed by atoms with Crippen LogP contribution < -0.4 is 5.32 Å². The van der Waals surface area contributed by atoms with Crippen LogP contribution in [-0.2, 0) is 16.6 Å². The lowest BCUT2D eigenvalue weighted by Gasteiger charge is -2.15. The number of sulfonamides is 1. The summed E-state index contributed by atoms with van der Waals surface area (Å²) in [5, 5.41) is 7.52. The van der Waals surface area contributed by atoms with Gasteiger partial charge in [-0.05, 0) is 49.6 Å². The molecule has 0 aliphatic carbocycles. The number of carbonyl (C=O) groups is 1. The summed E-state index contributed by atoms with van der Waals surface area (Å²) in [6.45, 7) is 2.93. The van der Waals surface area contributed by atoms with Gasteiger partial charge in [-0.2, -0.15) is 4.31 Å². The molecule has 1 aliphatic rings. The number of amides is 1. The second-order valence-electron chi connectivity index (χ2n) is 7.50. The van der Waals surface area contributed by atoms with Crippen LogP contribution in [0.2, 0.25) is 10.0 Å². The predicted octanol–water partition coefficient (Wildman–Crippen LogP) is 4.67. The molecule has 0 spiro atoms. The summed E-state index contributed by atoms with van der Waals surface area (Å²) in [7, 11) is -3.47. The molecule has 1 amide bonds. The van der Waals surface area contributed by atoms with Gasteiger partial charge in [0.15, 0.2) is 0 Å². The van der Waals surface area contributed by atoms with Gasteiger partial charge in [-0.25, -0.2) is 8.42 Å². The molecule has 0 saturated carbocycles. The smallest absolute Gasteiger partial charge is 0.257 e. The van der Waals surface area contributed by atoms with E-state index >= 15 is 0 Å². The summed E-state index contributed by atoms with van der Waals surface area (Å²) in [5.41, 5.74) is 1.69. The maximum Gasteiger partial charge on any atom is 0.257 e. The number of hydrogen-bond acceptors (Lipinski definition) is 5. The Labute approximate surface area is 196 Å². The van der Waals surface area contributed by atoms with Crippen molar-refractivity contribution >= 4 is 39.1 Å². The minimum Gasteiger partial charge on any atom is -0.360 e. The lowest BCUT2D eigenvalue weighted by molar-refractivity contribution is 0.0950. The van der Waals surface area contributed by atoms with E-state index in [-0.39, 0.29) is 22.7 Å². The molecule has 1 fully saturated rings. The molecule has 3 aromatic rings. The zero-order valence-corrected chi connectivity index (χ0v) is 19.6. The van der Waals surface area contributed by atoms with Crippen LogP contribution in [0.5, 0.6) is 0 Å². The summed E-state index contributed by atoms with van der Waals surface area (Å²) in [6.07, 6.45) is 1.76. The Morgan fingerprint density at radius 1 is 1.09 bits per heavy atom. The molecule has 168 valence electrons. The van der Waals surface area contributed by atoms with Gasteiger partial charge >= 0.3 is 0 Å². The molecule has 2 aromatic carbocycles. The maximum absolute atomic E-state index is 12.9. The summed E-state index contributed by atoms with van der Waals surface area (Å²) >= 11 is 12.5. The largest absolute Gasteiger partial charge is 0.360 e. The average Bonchev–Trinajstić information content (AvgIpc) is 3.43. The first kappa shape index (κ1) is 22.8. The van der Waals surface area contributed by atoms with E-state index in [1.54, 1.807) is 49.4 Å². The van der Waals surface area contributed by atoms with Gasteiger partial charge in [0.1, 0.15) is 17.0 Å². The zero-order chi connectivity index (χ0) is 22.9. The Morgan fingerprint density at radius 2 is 1.72 bits per heavy atom. The molecule has 0 radical (unpaired) electrons. The van der Waals surface area contributed by atoms with Crippen molar-refractivity contribution in [2.24, 2.45) is 0 Å². The lowest BCUT2D eigenvalue weighted by atomic mass is 10.1. The number of nitrogens with one attached hydrogen (secondary N) is 1. The average molecular weight is 494 g/mol. The van der Waals surface area contributed by atoms with Crippen LogP contribution in [0.3, 0.4) is 0 Å². The van der Waals surface area contributed by atoms with Crippen LogP contribution >= 0.6 is 23.2 Å². The molecule has 32 heavy (non-hydrogen) atoms. The zero-order valence-electron chi connectivity index (χ0n) is 17.3. The normalized spacial score (nSPS) is 14.6. The Bertz CT molecular complexity index is 1230. The molecule has 1 N–H and O–H groups in total. The van der Waals surface area contributed by atoms with Crippen LogP contribution in [0.1, 0.15) is 34.5 Å². The van der Waals surface area contributed by atoms with Gasteiger partial charge in [0, 0.05) is 25.2 Å². The first-order valence-electron chi connectivity index (χ1n) is 10.1. The molecule has 1 aromatic heterocycles. The Kier molecular flexibility index (Phi) is 6.57. The topological polar surface area (TPSA) is 92.5 Å². The monoisotopic (exact) mass is 493 g/mol. The second kappa shape index (κ2) is 9.23. The standard InChI is InChI=1S/C22H21Cl2N3O4S/c1-14-19(21(26-31-14)20-17(23)5-4-6-18(20)24)22(28)25-13-15-7-9-16(10-8-15)32(29,30)27-11-2-3-12-27/h4-10H,2-3,11-13H2,1H3,(H,25,28). The van der Waals surface area contributed by atoms with E-state index in [9.17, 15) is 13.2 Å². The van der Waals surface area contributed by atoms with Crippen molar-refractivity contribution in [2.45, 2.75) is 31.2 Å². The third-order valence-electron chi connectivity index (χ3n) is 5.37. The Hall–Kier alpha value is -2.39. The van der Waals surface area contributed by atoms with Crippen molar-refractivity contribution in [3.63, 3.8) is 0 Å². The van der Waals surface area contributed by atoms with Crippen LogP contribution in [0.25, 0.3) is 11.3 Å². The van der Waals surface area contributed by atoms with Gasteiger partial charge in [0.25, 0.3) is 5.91 Å². The number of aromatic nitrogens is 1. The van der Waals surface area contributed by atoms with Crippen LogP contribution in [0, 0.1) is 6.92 Å². The highest BCUT2D eigenvalue weighted by molar-refractivity contribution is 7.89. The fraction of sp³-hybridized carbons (Fsp3) is 0.273. The van der Waals surface area contributed by atoms with Crippen molar-refractivity contribution in [2.75, 3.05) is 13.1 Å². The number of carbonyl (C=O) groups excluding carboxylic acids is 1. The van der Waals surface area contributed by atoms with Crippen molar-refractivity contribution in [1.29, 1.82) is 0 Å². The quantitative estimate of drug-likeness (QED) is 0.538. The second-order valence-corrected chi connectivity index (χ2v) is 10.2. The SMILES string of the molecule is Cc1onc(-c2c(Cl)cccc2Cl)c1C(=O)NCc1ccc(S(=O)(=O)N2CCCC2)cc1. The summed E-state index contributed by atoms with van der Waals surface area (Å²) in [6, 6.07) is 11.5. The van der Waals surface area contributed by atoms with E-state index in [1.807, 2.05) is 0 Å². The van der Waals surface area contributed by atoms with Gasteiger partial charge < -0.3 is 9.84 Å². The number of rotatable bonds is 6. The van der Waals surface area contributed by atoms with E-state index in [1.165, 1.54) is 4.31 Å². The highest BCUT2D eigenvalue weighted by Gasteiger charge is 2.27. The molecule has 2 heterocycles. The minimum absolute atomic E-state index is 0.198. The molecule has 7 nitrogen and oxygen atoms in total. The summed E-state index contributed by atoms with van der Waals surface area (Å²) in [5.74, 6) is -0.0657. The lowest BCUT2D eigenvalue weighted by Crippen LogP contribution is -2.28. The van der Waals surface area contributed by atoms with Crippen molar-refractivity contribution in [3.8, 4) is 11.3 Å². The number of halogens is 2. The van der Waals surface area contributed by atoms with Crippen molar-refractivity contribution in [1.82, 2.24) is 14.8 Å². The third kappa shape index (κ3) is 4.41. The predicted molar refractivity (Wildman–Crippen MR) is 122 cm³/mol. The molecule has 1 saturated heterocycles. The number of aryl methyl sites for hydroxylation is 1. The maximum atomic E-state index is 12.9. The highest BCUT2D eigenvalue weighted by Crippen LogP contribution is 2.36. The van der Waals surface area contributed by atoms with Crippen molar-refractivity contribution in [3.05, 3.63) is 69.4 Å². The van der Waals surface area contributed by atoms with Gasteiger partial charge in [-0.3, -0.25) is 4.79 Å². The van der Waals surface area contributed by atoms with Crippen LogP contribution in [0.15, 0.2) is 51.9 Å². The Morgan fingerprint density at radius 3 is 2.34 bits per heavy atom. The summed E-state index contributed by atoms with van der Waals surface area (Å²) < 4.78 is 32.0. The van der Waals surface area contributed by atoms with Crippen molar-refractivity contribution < 1.29 is 17.7 Å². The van der Waals surface area contributed by atoms with Crippen LogP contribution in [-0.4, -0.2) is 36.9 Å². The Balaban J connectivity index is 1.50. The number of nitrogens with zero attached hydrogens (tertiary/aromatic N) is 2. The molecule has 0 atom stereocenters. The fourth-order valence-corrected chi connectivity index (χ4v) is 5.76. The molecular formula is C22H21Cl2N3O4S. The first-order valence-corrected chi connectivity index (χ1v) is 12.3. The minimum atomic E-state index is -3.47. The van der Waals surface area contributed by atoms with E-state index in [0.717, 1.165) is 18.4 Å². The molecule has 10 heteroatoms. The van der Waals surface area contributed by atoms with E-state index < -0.39 is 15.9 Å². The van der Waals surface area contributed by atoms with Gasteiger partial charge in [0.05, 0.1) is 14.9 Å². The number of benzene rings is 2. The molecule has 1 aliphatic heterocycles. The fourth-order valence-electron chi connectivity index (χ4n) is 3.66. The van der Waals surface area contributed by atoms with E-state index in [2.05, 4.69) is 10.5 Å². The molecule has 0 unspecified atom stereocenters. The van der Waals surface area contributed by atoms with E-state index in [4.69, 9.17) is 27.7 Å². The van der Waals surface area contributed by atoms with Gasteiger partial charge in [0.2, 0.25) is 10.0 Å². The first-order chi connectivity index (χ1) is 15.3.